The lowest BCUT2D eigenvalue weighted by atomic mass is 10.3. The van der Waals surface area contributed by atoms with Crippen LogP contribution in [-0.4, -0.2) is 37.1 Å². The average molecular weight is 163 g/mol. The van der Waals surface area contributed by atoms with Gasteiger partial charge < -0.3 is 5.32 Å². The van der Waals surface area contributed by atoms with Gasteiger partial charge in [0.1, 0.15) is 0 Å². The van der Waals surface area contributed by atoms with E-state index in [0.717, 1.165) is 6.04 Å². The van der Waals surface area contributed by atoms with Crippen molar-refractivity contribution >= 4 is 12.4 Å². The fourth-order valence-electron chi connectivity index (χ4n) is 1.49. The molecule has 0 aromatic heterocycles. The SMILES string of the molecule is C1CN(C2CC2)CCN1.Cl. The van der Waals surface area contributed by atoms with Gasteiger partial charge in [-0.05, 0) is 12.8 Å². The fourth-order valence-corrected chi connectivity index (χ4v) is 1.49. The Hall–Kier alpha value is 0.210. The highest BCUT2D eigenvalue weighted by Gasteiger charge is 2.28. The van der Waals surface area contributed by atoms with Gasteiger partial charge in [-0.1, -0.05) is 0 Å². The van der Waals surface area contributed by atoms with Gasteiger partial charge in [-0.25, -0.2) is 0 Å². The highest BCUT2D eigenvalue weighted by molar-refractivity contribution is 5.85. The Kier molecular flexibility index (Phi) is 2.96. The van der Waals surface area contributed by atoms with Gasteiger partial charge in [-0.3, -0.25) is 4.90 Å². The molecule has 0 unspecified atom stereocenters. The zero-order chi connectivity index (χ0) is 6.10. The van der Waals surface area contributed by atoms with Crippen LogP contribution in [0.3, 0.4) is 0 Å². The van der Waals surface area contributed by atoms with Crippen molar-refractivity contribution in [2.75, 3.05) is 26.2 Å². The van der Waals surface area contributed by atoms with Crippen molar-refractivity contribution in [3.63, 3.8) is 0 Å². The fraction of sp³-hybridized carbons (Fsp3) is 1.00. The topological polar surface area (TPSA) is 15.3 Å². The first-order valence-electron chi connectivity index (χ1n) is 3.91. The van der Waals surface area contributed by atoms with Crippen molar-refractivity contribution in [3.05, 3.63) is 0 Å². The third-order valence-corrected chi connectivity index (χ3v) is 2.21. The molecule has 2 rings (SSSR count). The molecule has 1 N–H and O–H groups in total. The maximum absolute atomic E-state index is 3.36. The van der Waals surface area contributed by atoms with Gasteiger partial charge in [0.2, 0.25) is 0 Å². The van der Waals surface area contributed by atoms with Crippen molar-refractivity contribution in [3.8, 4) is 0 Å². The van der Waals surface area contributed by atoms with E-state index in [9.17, 15) is 0 Å². The van der Waals surface area contributed by atoms with Crippen LogP contribution in [0.15, 0.2) is 0 Å². The first kappa shape index (κ1) is 8.31. The standard InChI is InChI=1S/C7H14N2.ClH/c1-2-7(1)9-5-3-8-4-6-9;/h7-8H,1-6H2;1H. The van der Waals surface area contributed by atoms with Crippen molar-refractivity contribution in [1.82, 2.24) is 10.2 Å². The van der Waals surface area contributed by atoms with Gasteiger partial charge >= 0.3 is 0 Å². The molecule has 0 amide bonds. The second-order valence-corrected chi connectivity index (χ2v) is 3.02. The van der Waals surface area contributed by atoms with Crippen molar-refractivity contribution in [2.24, 2.45) is 0 Å². The van der Waals surface area contributed by atoms with Crippen LogP contribution in [0, 0.1) is 0 Å². The molecule has 0 radical (unpaired) electrons. The van der Waals surface area contributed by atoms with Gasteiger partial charge in [0.15, 0.2) is 0 Å². The first-order valence-corrected chi connectivity index (χ1v) is 3.91. The molecule has 0 aromatic rings. The minimum atomic E-state index is 0. The Balaban J connectivity index is 0.000000500. The zero-order valence-corrected chi connectivity index (χ0v) is 6.99. The molecule has 2 fully saturated rings. The van der Waals surface area contributed by atoms with E-state index < -0.39 is 0 Å². The second kappa shape index (κ2) is 3.56. The lowest BCUT2D eigenvalue weighted by Crippen LogP contribution is -2.44. The number of hydrogen-bond donors (Lipinski definition) is 1. The Morgan fingerprint density at radius 3 is 2.20 bits per heavy atom. The predicted molar refractivity (Wildman–Crippen MR) is 44.7 cm³/mol. The number of rotatable bonds is 1. The summed E-state index contributed by atoms with van der Waals surface area (Å²) in [4.78, 5) is 2.61. The molecule has 1 heterocycles. The summed E-state index contributed by atoms with van der Waals surface area (Å²) in [7, 11) is 0. The molecule has 1 saturated heterocycles. The number of halogens is 1. The number of nitrogens with zero attached hydrogens (tertiary/aromatic N) is 1. The van der Waals surface area contributed by atoms with Crippen LogP contribution in [-0.2, 0) is 0 Å². The molecular formula is C7H15ClN2. The van der Waals surface area contributed by atoms with Gasteiger partial charge in [0, 0.05) is 32.2 Å². The Morgan fingerprint density at radius 2 is 1.70 bits per heavy atom. The molecule has 0 spiro atoms. The normalized spacial score (nSPS) is 27.6. The van der Waals surface area contributed by atoms with E-state index >= 15 is 0 Å². The lowest BCUT2D eigenvalue weighted by molar-refractivity contribution is 0.231. The summed E-state index contributed by atoms with van der Waals surface area (Å²) in [6.45, 7) is 4.97. The molecule has 1 aliphatic heterocycles. The minimum absolute atomic E-state index is 0. The molecular weight excluding hydrogens is 148 g/mol. The number of nitrogens with one attached hydrogen (secondary N) is 1. The van der Waals surface area contributed by atoms with Gasteiger partial charge in [0.05, 0.1) is 0 Å². The van der Waals surface area contributed by atoms with Crippen LogP contribution in [0.25, 0.3) is 0 Å². The molecule has 3 heteroatoms. The van der Waals surface area contributed by atoms with Crippen molar-refractivity contribution < 1.29 is 0 Å². The Labute approximate surface area is 68.4 Å². The highest BCUT2D eigenvalue weighted by atomic mass is 35.5. The van der Waals surface area contributed by atoms with Crippen LogP contribution in [0.4, 0.5) is 0 Å². The highest BCUT2D eigenvalue weighted by Crippen LogP contribution is 2.26. The molecule has 0 atom stereocenters. The second-order valence-electron chi connectivity index (χ2n) is 3.02. The largest absolute Gasteiger partial charge is 0.314 e. The molecule has 60 valence electrons. The molecule has 2 aliphatic rings. The summed E-state index contributed by atoms with van der Waals surface area (Å²) in [5, 5.41) is 3.36. The summed E-state index contributed by atoms with van der Waals surface area (Å²) in [5.41, 5.74) is 0. The molecule has 1 saturated carbocycles. The van der Waals surface area contributed by atoms with Crippen LogP contribution >= 0.6 is 12.4 Å². The van der Waals surface area contributed by atoms with Crippen LogP contribution in [0.5, 0.6) is 0 Å². The zero-order valence-electron chi connectivity index (χ0n) is 6.18. The van der Waals surface area contributed by atoms with E-state index in [1.54, 1.807) is 0 Å². The van der Waals surface area contributed by atoms with Crippen LogP contribution < -0.4 is 5.32 Å². The summed E-state index contributed by atoms with van der Waals surface area (Å²) in [5.74, 6) is 0. The van der Waals surface area contributed by atoms with Gasteiger partial charge in [-0.2, -0.15) is 0 Å². The third-order valence-electron chi connectivity index (χ3n) is 2.21. The average Bonchev–Trinajstić information content (AvgIpc) is 2.71. The third kappa shape index (κ3) is 1.84. The smallest absolute Gasteiger partial charge is 0.0110 e. The maximum atomic E-state index is 3.36. The molecule has 0 aromatic carbocycles. The minimum Gasteiger partial charge on any atom is -0.314 e. The van der Waals surface area contributed by atoms with Crippen molar-refractivity contribution in [1.29, 1.82) is 0 Å². The molecule has 2 nitrogen and oxygen atoms in total. The van der Waals surface area contributed by atoms with E-state index in [1.165, 1.54) is 39.0 Å². The van der Waals surface area contributed by atoms with E-state index in [0.29, 0.717) is 0 Å². The lowest BCUT2D eigenvalue weighted by Gasteiger charge is -2.26. The van der Waals surface area contributed by atoms with E-state index in [1.807, 2.05) is 0 Å². The predicted octanol–water partition coefficient (Wildman–Crippen LogP) is 0.476. The molecule has 10 heavy (non-hydrogen) atoms. The Bertz CT molecular complexity index is 97.8. The molecule has 0 bridgehead atoms. The van der Waals surface area contributed by atoms with E-state index in [2.05, 4.69) is 10.2 Å². The maximum Gasteiger partial charge on any atom is 0.0110 e. The quantitative estimate of drug-likeness (QED) is 0.604. The van der Waals surface area contributed by atoms with Gasteiger partial charge in [0.25, 0.3) is 0 Å². The summed E-state index contributed by atoms with van der Waals surface area (Å²) in [6, 6.07) is 0.979. The van der Waals surface area contributed by atoms with Crippen LogP contribution in [0.2, 0.25) is 0 Å². The molecule has 1 aliphatic carbocycles. The monoisotopic (exact) mass is 162 g/mol. The number of piperazine rings is 1. The van der Waals surface area contributed by atoms with E-state index in [-0.39, 0.29) is 12.4 Å². The Morgan fingerprint density at radius 1 is 1.10 bits per heavy atom. The van der Waals surface area contributed by atoms with Crippen molar-refractivity contribution in [2.45, 2.75) is 18.9 Å². The summed E-state index contributed by atoms with van der Waals surface area (Å²) >= 11 is 0. The van der Waals surface area contributed by atoms with E-state index in [4.69, 9.17) is 0 Å². The van der Waals surface area contributed by atoms with Crippen LogP contribution in [0.1, 0.15) is 12.8 Å². The summed E-state index contributed by atoms with van der Waals surface area (Å²) < 4.78 is 0. The summed E-state index contributed by atoms with van der Waals surface area (Å²) in [6.07, 6.45) is 2.92. The first-order chi connectivity index (χ1) is 4.47. The van der Waals surface area contributed by atoms with Gasteiger partial charge in [-0.15, -0.1) is 12.4 Å². The number of hydrogen-bond acceptors (Lipinski definition) is 2.